The van der Waals surface area contributed by atoms with Crippen LogP contribution >= 0.6 is 22.9 Å². The Hall–Kier alpha value is -0.860. The Morgan fingerprint density at radius 1 is 1.57 bits per heavy atom. The predicted molar refractivity (Wildman–Crippen MR) is 61.6 cm³/mol. The first kappa shape index (κ1) is 9.69. The molecule has 0 bridgehead atoms. The quantitative estimate of drug-likeness (QED) is 0.707. The van der Waals surface area contributed by atoms with E-state index >= 15 is 0 Å². The third-order valence-corrected chi connectivity index (χ3v) is 3.70. The van der Waals surface area contributed by atoms with E-state index in [1.54, 1.807) is 11.3 Å². The molecule has 0 saturated heterocycles. The zero-order chi connectivity index (χ0) is 10.1. The summed E-state index contributed by atoms with van der Waals surface area (Å²) in [4.78, 5) is 10.8. The third-order valence-electron chi connectivity index (χ3n) is 2.28. The minimum Gasteiger partial charge on any atom is -0.298 e. The highest BCUT2D eigenvalue weighted by Gasteiger charge is 2.09. The van der Waals surface area contributed by atoms with Gasteiger partial charge in [0, 0.05) is 15.6 Å². The summed E-state index contributed by atoms with van der Waals surface area (Å²) in [5.74, 6) is 0. The molecule has 2 rings (SSSR count). The number of aldehydes is 1. The van der Waals surface area contributed by atoms with Gasteiger partial charge in [0.15, 0.2) is 6.29 Å². The standard InChI is InChI=1S/C11H9ClOS/c1-2-7-5-8(6-13)10(12)9-3-4-14-11(7)9/h3-6H,2H2,1H3. The maximum Gasteiger partial charge on any atom is 0.151 e. The molecule has 14 heavy (non-hydrogen) atoms. The largest absolute Gasteiger partial charge is 0.298 e. The summed E-state index contributed by atoms with van der Waals surface area (Å²) in [5.41, 5.74) is 1.79. The average molecular weight is 225 g/mol. The van der Waals surface area contributed by atoms with Crippen LogP contribution in [-0.2, 0) is 6.42 Å². The van der Waals surface area contributed by atoms with Crippen LogP contribution in [0.1, 0.15) is 22.8 Å². The zero-order valence-corrected chi connectivity index (χ0v) is 9.28. The molecule has 0 aliphatic carbocycles. The predicted octanol–water partition coefficient (Wildman–Crippen LogP) is 3.93. The molecule has 1 aromatic carbocycles. The maximum absolute atomic E-state index is 10.8. The minimum absolute atomic E-state index is 0.577. The van der Waals surface area contributed by atoms with Crippen molar-refractivity contribution in [3.05, 3.63) is 33.7 Å². The van der Waals surface area contributed by atoms with Crippen LogP contribution in [0.25, 0.3) is 10.1 Å². The van der Waals surface area contributed by atoms with Crippen molar-refractivity contribution in [2.24, 2.45) is 0 Å². The first-order valence-corrected chi connectivity index (χ1v) is 5.67. The van der Waals surface area contributed by atoms with E-state index in [2.05, 4.69) is 6.92 Å². The number of carbonyl (C=O) groups excluding carboxylic acids is 1. The van der Waals surface area contributed by atoms with E-state index in [0.29, 0.717) is 10.6 Å². The summed E-state index contributed by atoms with van der Waals surface area (Å²) < 4.78 is 1.20. The van der Waals surface area contributed by atoms with Gasteiger partial charge in [0.05, 0.1) is 5.02 Å². The van der Waals surface area contributed by atoms with E-state index in [0.717, 1.165) is 18.1 Å². The monoisotopic (exact) mass is 224 g/mol. The summed E-state index contributed by atoms with van der Waals surface area (Å²) in [5, 5.41) is 3.58. The number of carbonyl (C=O) groups is 1. The van der Waals surface area contributed by atoms with Gasteiger partial charge in [0.1, 0.15) is 0 Å². The van der Waals surface area contributed by atoms with Crippen molar-refractivity contribution in [2.75, 3.05) is 0 Å². The Morgan fingerprint density at radius 2 is 2.36 bits per heavy atom. The van der Waals surface area contributed by atoms with Crippen LogP contribution in [0.4, 0.5) is 0 Å². The highest BCUT2D eigenvalue weighted by molar-refractivity contribution is 7.17. The van der Waals surface area contributed by atoms with Crippen LogP contribution in [-0.4, -0.2) is 6.29 Å². The van der Waals surface area contributed by atoms with E-state index in [1.807, 2.05) is 17.5 Å². The second kappa shape index (κ2) is 3.71. The fourth-order valence-electron chi connectivity index (χ4n) is 1.55. The summed E-state index contributed by atoms with van der Waals surface area (Å²) in [7, 11) is 0. The molecule has 0 atom stereocenters. The van der Waals surface area contributed by atoms with E-state index in [-0.39, 0.29) is 0 Å². The summed E-state index contributed by atoms with van der Waals surface area (Å²) in [6.07, 6.45) is 1.74. The van der Waals surface area contributed by atoms with E-state index in [4.69, 9.17) is 11.6 Å². The van der Waals surface area contributed by atoms with Gasteiger partial charge in [-0.1, -0.05) is 18.5 Å². The van der Waals surface area contributed by atoms with Crippen molar-refractivity contribution >= 4 is 39.3 Å². The van der Waals surface area contributed by atoms with Gasteiger partial charge in [-0.2, -0.15) is 0 Å². The topological polar surface area (TPSA) is 17.1 Å². The van der Waals surface area contributed by atoms with E-state index in [9.17, 15) is 4.79 Å². The molecule has 2 aromatic rings. The molecule has 1 nitrogen and oxygen atoms in total. The molecule has 0 N–H and O–H groups in total. The molecule has 0 amide bonds. The van der Waals surface area contributed by atoms with E-state index < -0.39 is 0 Å². The van der Waals surface area contributed by atoms with Crippen LogP contribution in [0.15, 0.2) is 17.5 Å². The van der Waals surface area contributed by atoms with Crippen LogP contribution in [0.5, 0.6) is 0 Å². The fraction of sp³-hybridized carbons (Fsp3) is 0.182. The molecule has 1 heterocycles. The Bertz CT molecular complexity index is 487. The van der Waals surface area contributed by atoms with Gasteiger partial charge in [-0.3, -0.25) is 4.79 Å². The molecule has 1 aromatic heterocycles. The number of hydrogen-bond donors (Lipinski definition) is 0. The molecule has 72 valence electrons. The number of hydrogen-bond acceptors (Lipinski definition) is 2. The van der Waals surface area contributed by atoms with Gasteiger partial charge in [-0.05, 0) is 29.5 Å². The number of fused-ring (bicyclic) bond motifs is 1. The molecule has 0 spiro atoms. The fourth-order valence-corrected chi connectivity index (χ4v) is 2.86. The van der Waals surface area contributed by atoms with Crippen molar-refractivity contribution in [1.82, 2.24) is 0 Å². The van der Waals surface area contributed by atoms with E-state index in [1.165, 1.54) is 10.3 Å². The Labute approximate surface area is 91.3 Å². The highest BCUT2D eigenvalue weighted by atomic mass is 35.5. The lowest BCUT2D eigenvalue weighted by Crippen LogP contribution is -1.88. The second-order valence-corrected chi connectivity index (χ2v) is 4.37. The molecule has 0 saturated carbocycles. The smallest absolute Gasteiger partial charge is 0.151 e. The van der Waals surface area contributed by atoms with Crippen molar-refractivity contribution in [2.45, 2.75) is 13.3 Å². The van der Waals surface area contributed by atoms with Gasteiger partial charge >= 0.3 is 0 Å². The SMILES string of the molecule is CCc1cc(C=O)c(Cl)c2ccsc12. The van der Waals surface area contributed by atoms with Gasteiger partial charge in [0.25, 0.3) is 0 Å². The molecule has 0 aliphatic rings. The van der Waals surface area contributed by atoms with Gasteiger partial charge in [-0.15, -0.1) is 11.3 Å². The lowest BCUT2D eigenvalue weighted by Gasteiger charge is -2.03. The first-order chi connectivity index (χ1) is 6.77. The summed E-state index contributed by atoms with van der Waals surface area (Å²) >= 11 is 7.76. The number of rotatable bonds is 2. The van der Waals surface area contributed by atoms with Gasteiger partial charge in [0.2, 0.25) is 0 Å². The Balaban J connectivity index is 2.86. The van der Waals surface area contributed by atoms with Crippen molar-refractivity contribution in [3.8, 4) is 0 Å². The molecular weight excluding hydrogens is 216 g/mol. The van der Waals surface area contributed by atoms with Gasteiger partial charge < -0.3 is 0 Å². The summed E-state index contributed by atoms with van der Waals surface area (Å²) in [6, 6.07) is 3.85. The molecule has 0 unspecified atom stereocenters. The zero-order valence-electron chi connectivity index (χ0n) is 7.71. The van der Waals surface area contributed by atoms with Gasteiger partial charge in [-0.25, -0.2) is 0 Å². The lowest BCUT2D eigenvalue weighted by atomic mass is 10.1. The number of halogens is 1. The number of benzene rings is 1. The average Bonchev–Trinajstić information content (AvgIpc) is 2.68. The second-order valence-electron chi connectivity index (χ2n) is 3.07. The lowest BCUT2D eigenvalue weighted by molar-refractivity contribution is 0.112. The third kappa shape index (κ3) is 1.35. The highest BCUT2D eigenvalue weighted by Crippen LogP contribution is 2.33. The Morgan fingerprint density at radius 3 is 3.00 bits per heavy atom. The minimum atomic E-state index is 0.577. The molecule has 0 aliphatic heterocycles. The Kier molecular flexibility index (Phi) is 2.57. The number of thiophene rings is 1. The normalized spacial score (nSPS) is 10.7. The van der Waals surface area contributed by atoms with Crippen LogP contribution in [0, 0.1) is 0 Å². The first-order valence-electron chi connectivity index (χ1n) is 4.41. The van der Waals surface area contributed by atoms with Crippen LogP contribution in [0.2, 0.25) is 5.02 Å². The molecule has 0 fully saturated rings. The molecule has 3 heteroatoms. The molecule has 0 radical (unpaired) electrons. The van der Waals surface area contributed by atoms with Crippen molar-refractivity contribution < 1.29 is 4.79 Å². The van der Waals surface area contributed by atoms with Crippen LogP contribution in [0.3, 0.4) is 0 Å². The van der Waals surface area contributed by atoms with Crippen LogP contribution < -0.4 is 0 Å². The van der Waals surface area contributed by atoms with Crippen molar-refractivity contribution in [3.63, 3.8) is 0 Å². The summed E-state index contributed by atoms with van der Waals surface area (Å²) in [6.45, 7) is 2.08. The number of aryl methyl sites for hydroxylation is 1. The molecular formula is C11H9ClOS. The maximum atomic E-state index is 10.8. The van der Waals surface area contributed by atoms with Crippen molar-refractivity contribution in [1.29, 1.82) is 0 Å².